The van der Waals surface area contributed by atoms with Gasteiger partial charge in [0.2, 0.25) is 15.9 Å². The van der Waals surface area contributed by atoms with E-state index in [0.29, 0.717) is 18.5 Å². The van der Waals surface area contributed by atoms with Crippen LogP contribution in [0.2, 0.25) is 0 Å². The normalized spacial score (nSPS) is 17.9. The molecular weight excluding hydrogens is 290 g/mol. The summed E-state index contributed by atoms with van der Waals surface area (Å²) in [4.78, 5) is 12.4. The highest BCUT2D eigenvalue weighted by Gasteiger charge is 2.36. The van der Waals surface area contributed by atoms with E-state index in [1.807, 2.05) is 0 Å². The summed E-state index contributed by atoms with van der Waals surface area (Å²) >= 11 is 0. The van der Waals surface area contributed by atoms with Gasteiger partial charge in [0.25, 0.3) is 0 Å². The number of nitrogens with two attached hydrogens (primary N) is 1. The highest BCUT2D eigenvalue weighted by Crippen LogP contribution is 2.28. The molecule has 0 aliphatic heterocycles. The van der Waals surface area contributed by atoms with Crippen LogP contribution in [0.3, 0.4) is 0 Å². The number of hydrogen-bond donors (Lipinski definition) is 2. The Morgan fingerprint density at radius 2 is 1.71 bits per heavy atom. The van der Waals surface area contributed by atoms with Crippen LogP contribution in [0.4, 0.5) is 5.69 Å². The third-order valence-corrected chi connectivity index (χ3v) is 5.67. The predicted octanol–water partition coefficient (Wildman–Crippen LogP) is 1.15. The number of anilines is 1. The lowest BCUT2D eigenvalue weighted by Crippen LogP contribution is -2.48. The standard InChI is InChI=1S/C14H21N3O3S/c1-17(2)21(19,20)12-7-5-11(6-8-12)16-13(18)14(15)9-3-4-10-14/h5-8H,3-4,9-10,15H2,1-2H3,(H,16,18). The smallest absolute Gasteiger partial charge is 0.244 e. The van der Waals surface area contributed by atoms with Gasteiger partial charge in [0.15, 0.2) is 0 Å². The predicted molar refractivity (Wildman–Crippen MR) is 81.3 cm³/mol. The Morgan fingerprint density at radius 1 is 1.19 bits per heavy atom. The van der Waals surface area contributed by atoms with Gasteiger partial charge in [-0.05, 0) is 37.1 Å². The summed E-state index contributed by atoms with van der Waals surface area (Å²) in [6, 6.07) is 6.10. The molecule has 116 valence electrons. The first kappa shape index (κ1) is 15.9. The summed E-state index contributed by atoms with van der Waals surface area (Å²) in [7, 11) is -0.503. The molecule has 1 amide bonds. The Kier molecular flexibility index (Phi) is 4.36. The zero-order valence-electron chi connectivity index (χ0n) is 12.3. The van der Waals surface area contributed by atoms with Gasteiger partial charge in [0, 0.05) is 19.8 Å². The third kappa shape index (κ3) is 3.25. The molecule has 3 N–H and O–H groups in total. The van der Waals surface area contributed by atoms with Gasteiger partial charge < -0.3 is 11.1 Å². The maximum Gasteiger partial charge on any atom is 0.244 e. The summed E-state index contributed by atoms with van der Waals surface area (Å²) in [5.41, 5.74) is 5.83. The van der Waals surface area contributed by atoms with E-state index in [1.54, 1.807) is 12.1 Å². The molecule has 1 aromatic rings. The quantitative estimate of drug-likeness (QED) is 0.872. The third-order valence-electron chi connectivity index (χ3n) is 3.84. The molecule has 0 radical (unpaired) electrons. The Hall–Kier alpha value is -1.44. The maximum absolute atomic E-state index is 12.2. The van der Waals surface area contributed by atoms with Crippen molar-refractivity contribution in [3.63, 3.8) is 0 Å². The van der Waals surface area contributed by atoms with Crippen molar-refractivity contribution in [2.75, 3.05) is 19.4 Å². The topological polar surface area (TPSA) is 92.5 Å². The van der Waals surface area contributed by atoms with Crippen LogP contribution in [0.25, 0.3) is 0 Å². The van der Waals surface area contributed by atoms with Crippen molar-refractivity contribution in [1.82, 2.24) is 4.31 Å². The molecule has 1 aromatic carbocycles. The summed E-state index contributed by atoms with van der Waals surface area (Å²) in [6.45, 7) is 0. The van der Waals surface area contributed by atoms with Gasteiger partial charge in [-0.3, -0.25) is 4.79 Å². The molecule has 1 saturated carbocycles. The number of sulfonamides is 1. The van der Waals surface area contributed by atoms with Crippen LogP contribution in [0.15, 0.2) is 29.2 Å². The first-order chi connectivity index (χ1) is 9.75. The number of amides is 1. The van der Waals surface area contributed by atoms with Gasteiger partial charge in [-0.2, -0.15) is 0 Å². The van der Waals surface area contributed by atoms with Gasteiger partial charge in [-0.1, -0.05) is 12.8 Å². The molecular formula is C14H21N3O3S. The minimum absolute atomic E-state index is 0.189. The molecule has 7 heteroatoms. The number of benzene rings is 1. The molecule has 0 unspecified atom stereocenters. The molecule has 2 rings (SSSR count). The second kappa shape index (κ2) is 5.75. The van der Waals surface area contributed by atoms with Gasteiger partial charge in [-0.25, -0.2) is 12.7 Å². The van der Waals surface area contributed by atoms with E-state index < -0.39 is 15.6 Å². The molecule has 0 aromatic heterocycles. The summed E-state index contributed by atoms with van der Waals surface area (Å²) < 4.78 is 25.0. The monoisotopic (exact) mass is 311 g/mol. The van der Waals surface area contributed by atoms with Crippen molar-refractivity contribution in [3.8, 4) is 0 Å². The Bertz CT molecular complexity index is 617. The molecule has 1 fully saturated rings. The van der Waals surface area contributed by atoms with Crippen LogP contribution in [0.5, 0.6) is 0 Å². The van der Waals surface area contributed by atoms with E-state index in [2.05, 4.69) is 5.32 Å². The lowest BCUT2D eigenvalue weighted by molar-refractivity contribution is -0.121. The van der Waals surface area contributed by atoms with Crippen LogP contribution in [0, 0.1) is 0 Å². The average molecular weight is 311 g/mol. The fraction of sp³-hybridized carbons (Fsp3) is 0.500. The lowest BCUT2D eigenvalue weighted by atomic mass is 9.98. The Labute approximate surface area is 125 Å². The van der Waals surface area contributed by atoms with Crippen molar-refractivity contribution in [2.24, 2.45) is 5.73 Å². The SMILES string of the molecule is CN(C)S(=O)(=O)c1ccc(NC(=O)C2(N)CCCC2)cc1. The van der Waals surface area contributed by atoms with Crippen LogP contribution in [-0.4, -0.2) is 38.3 Å². The summed E-state index contributed by atoms with van der Waals surface area (Å²) in [6.07, 6.45) is 3.30. The Balaban J connectivity index is 2.12. The minimum atomic E-state index is -3.45. The summed E-state index contributed by atoms with van der Waals surface area (Å²) in [5.74, 6) is -0.205. The van der Waals surface area contributed by atoms with E-state index in [4.69, 9.17) is 5.73 Å². The van der Waals surface area contributed by atoms with Crippen LogP contribution < -0.4 is 11.1 Å². The molecule has 6 nitrogen and oxygen atoms in total. The van der Waals surface area contributed by atoms with E-state index in [9.17, 15) is 13.2 Å². The first-order valence-corrected chi connectivity index (χ1v) is 8.33. The number of nitrogens with one attached hydrogen (secondary N) is 1. The highest BCUT2D eigenvalue weighted by molar-refractivity contribution is 7.89. The fourth-order valence-corrected chi connectivity index (χ4v) is 3.31. The van der Waals surface area contributed by atoms with E-state index >= 15 is 0 Å². The lowest BCUT2D eigenvalue weighted by Gasteiger charge is -2.22. The second-order valence-electron chi connectivity index (χ2n) is 5.63. The van der Waals surface area contributed by atoms with E-state index in [0.717, 1.165) is 17.1 Å². The van der Waals surface area contributed by atoms with Gasteiger partial charge in [-0.15, -0.1) is 0 Å². The molecule has 1 aliphatic rings. The second-order valence-corrected chi connectivity index (χ2v) is 7.78. The van der Waals surface area contributed by atoms with Gasteiger partial charge in [0.1, 0.15) is 0 Å². The van der Waals surface area contributed by atoms with Crippen molar-refractivity contribution >= 4 is 21.6 Å². The molecule has 21 heavy (non-hydrogen) atoms. The number of carbonyl (C=O) groups excluding carboxylic acids is 1. The fourth-order valence-electron chi connectivity index (χ4n) is 2.41. The van der Waals surface area contributed by atoms with E-state index in [-0.39, 0.29) is 10.8 Å². The van der Waals surface area contributed by atoms with Crippen LogP contribution in [-0.2, 0) is 14.8 Å². The molecule has 0 spiro atoms. The maximum atomic E-state index is 12.2. The highest BCUT2D eigenvalue weighted by atomic mass is 32.2. The average Bonchev–Trinajstić information content (AvgIpc) is 2.87. The first-order valence-electron chi connectivity index (χ1n) is 6.89. The van der Waals surface area contributed by atoms with Crippen molar-refractivity contribution in [3.05, 3.63) is 24.3 Å². The molecule has 0 heterocycles. The van der Waals surface area contributed by atoms with Crippen molar-refractivity contribution in [2.45, 2.75) is 36.1 Å². The van der Waals surface area contributed by atoms with Gasteiger partial charge >= 0.3 is 0 Å². The minimum Gasteiger partial charge on any atom is -0.324 e. The summed E-state index contributed by atoms with van der Waals surface area (Å²) in [5, 5.41) is 2.76. The van der Waals surface area contributed by atoms with Crippen molar-refractivity contribution in [1.29, 1.82) is 0 Å². The number of hydrogen-bond acceptors (Lipinski definition) is 4. The zero-order chi connectivity index (χ0) is 15.7. The molecule has 1 aliphatic carbocycles. The molecule has 0 atom stereocenters. The largest absolute Gasteiger partial charge is 0.324 e. The Morgan fingerprint density at radius 3 is 2.19 bits per heavy atom. The van der Waals surface area contributed by atoms with Gasteiger partial charge in [0.05, 0.1) is 10.4 Å². The van der Waals surface area contributed by atoms with Crippen LogP contribution >= 0.6 is 0 Å². The number of nitrogens with zero attached hydrogens (tertiary/aromatic N) is 1. The number of carbonyl (C=O) groups is 1. The zero-order valence-corrected chi connectivity index (χ0v) is 13.1. The van der Waals surface area contributed by atoms with Crippen LogP contribution in [0.1, 0.15) is 25.7 Å². The molecule has 0 bridgehead atoms. The number of rotatable bonds is 4. The van der Waals surface area contributed by atoms with Crippen molar-refractivity contribution < 1.29 is 13.2 Å². The molecule has 0 saturated heterocycles. The van der Waals surface area contributed by atoms with E-state index in [1.165, 1.54) is 26.2 Å².